The van der Waals surface area contributed by atoms with Crippen LogP contribution in [0.4, 0.5) is 0 Å². The Balaban J connectivity index is 2.43. The third kappa shape index (κ3) is 3.12. The number of carbonyl (C=O) groups excluding carboxylic acids is 1. The van der Waals surface area contributed by atoms with Crippen LogP contribution in [0.5, 0.6) is 0 Å². The van der Waals surface area contributed by atoms with Gasteiger partial charge in [0, 0.05) is 0 Å². The first-order chi connectivity index (χ1) is 11.0. The fourth-order valence-electron chi connectivity index (χ4n) is 3.31. The van der Waals surface area contributed by atoms with Crippen molar-refractivity contribution in [3.05, 3.63) is 57.3 Å². The summed E-state index contributed by atoms with van der Waals surface area (Å²) in [7, 11) is 0. The third-order valence-electron chi connectivity index (χ3n) is 4.78. The van der Waals surface area contributed by atoms with Gasteiger partial charge < -0.3 is 10.6 Å². The van der Waals surface area contributed by atoms with E-state index in [9.17, 15) is 14.9 Å². The molecule has 6 heteroatoms. The van der Waals surface area contributed by atoms with Crippen molar-refractivity contribution < 1.29 is 9.72 Å². The smallest absolute Gasteiger partial charge is 0.255 e. The molecule has 1 atom stereocenters. The number of amides is 1. The van der Waals surface area contributed by atoms with Gasteiger partial charge in [-0.05, 0) is 37.7 Å². The second kappa shape index (κ2) is 6.91. The Hall–Kier alpha value is -2.21. The van der Waals surface area contributed by atoms with E-state index < -0.39 is 11.3 Å². The lowest BCUT2D eigenvalue weighted by Gasteiger charge is -2.30. The molecule has 0 heterocycles. The Morgan fingerprint density at radius 2 is 2.04 bits per heavy atom. The van der Waals surface area contributed by atoms with Gasteiger partial charge in [-0.25, -0.2) is 0 Å². The molecule has 0 bridgehead atoms. The second-order valence-electron chi connectivity index (χ2n) is 5.84. The van der Waals surface area contributed by atoms with Crippen molar-refractivity contribution in [3.63, 3.8) is 0 Å². The number of carbonyl (C=O) groups is 1. The van der Waals surface area contributed by atoms with Gasteiger partial charge in [-0.2, -0.15) is 0 Å². The van der Waals surface area contributed by atoms with Gasteiger partial charge in [-0.15, -0.1) is 0 Å². The van der Waals surface area contributed by atoms with E-state index in [1.54, 1.807) is 30.4 Å². The first-order valence-corrected chi connectivity index (χ1v) is 7.92. The molecule has 0 aromatic rings. The van der Waals surface area contributed by atoms with E-state index in [4.69, 9.17) is 5.73 Å². The normalized spacial score (nSPS) is 23.0. The molecule has 1 unspecified atom stereocenters. The first-order valence-electron chi connectivity index (χ1n) is 7.92. The Bertz CT molecular complexity index is 627. The van der Waals surface area contributed by atoms with Gasteiger partial charge in [0.1, 0.15) is 0 Å². The molecule has 0 fully saturated rings. The second-order valence-corrected chi connectivity index (χ2v) is 5.84. The van der Waals surface area contributed by atoms with Gasteiger partial charge in [-0.3, -0.25) is 14.9 Å². The van der Waals surface area contributed by atoms with Crippen LogP contribution in [0.15, 0.2) is 47.2 Å². The molecule has 1 amide bonds. The van der Waals surface area contributed by atoms with E-state index >= 15 is 0 Å². The molecule has 6 nitrogen and oxygen atoms in total. The Morgan fingerprint density at radius 3 is 2.61 bits per heavy atom. The van der Waals surface area contributed by atoms with Crippen molar-refractivity contribution >= 4 is 5.91 Å². The van der Waals surface area contributed by atoms with Crippen LogP contribution in [0, 0.1) is 15.5 Å². The number of fused-ring (bicyclic) bond motifs is 1. The third-order valence-corrected chi connectivity index (χ3v) is 4.78. The van der Waals surface area contributed by atoms with Gasteiger partial charge in [0.2, 0.25) is 5.91 Å². The number of nitrogens with zero attached hydrogens (tertiary/aromatic N) is 2. The lowest BCUT2D eigenvalue weighted by molar-refractivity contribution is -0.428. The van der Waals surface area contributed by atoms with Crippen molar-refractivity contribution in [2.45, 2.75) is 26.7 Å². The standard InChI is InChI=1S/C17H23N3O3/c1-3-19(4-2)11-10-17(16(18)21)12-15(20(22)23)13-8-6-5-7-9-14(13)17/h5-9H,3-4,10-12H2,1-2H3,(H2,18,21). The minimum atomic E-state index is -1.00. The van der Waals surface area contributed by atoms with Gasteiger partial charge in [-0.1, -0.05) is 38.2 Å². The number of allylic oxidation sites excluding steroid dienone is 7. The van der Waals surface area contributed by atoms with Crippen molar-refractivity contribution in [2.24, 2.45) is 11.1 Å². The molecule has 0 aliphatic heterocycles. The van der Waals surface area contributed by atoms with E-state index in [0.717, 1.165) is 13.1 Å². The number of hydrogen-bond donors (Lipinski definition) is 1. The zero-order valence-corrected chi connectivity index (χ0v) is 13.6. The Morgan fingerprint density at radius 1 is 1.35 bits per heavy atom. The largest absolute Gasteiger partial charge is 0.369 e. The molecule has 124 valence electrons. The average molecular weight is 317 g/mol. The van der Waals surface area contributed by atoms with Crippen molar-refractivity contribution in [2.75, 3.05) is 19.6 Å². The summed E-state index contributed by atoms with van der Waals surface area (Å²) in [4.78, 5) is 25.6. The summed E-state index contributed by atoms with van der Waals surface area (Å²) < 4.78 is 0. The minimum absolute atomic E-state index is 0.0654. The fraction of sp³-hybridized carbons (Fsp3) is 0.471. The number of rotatable bonds is 7. The summed E-state index contributed by atoms with van der Waals surface area (Å²) in [5.41, 5.74) is 6.01. The fourth-order valence-corrected chi connectivity index (χ4v) is 3.31. The molecule has 0 saturated carbocycles. The molecule has 0 aromatic heterocycles. The van der Waals surface area contributed by atoms with Gasteiger partial charge in [0.15, 0.2) is 0 Å². The molecule has 0 spiro atoms. The van der Waals surface area contributed by atoms with E-state index in [1.807, 2.05) is 0 Å². The number of nitrogens with two attached hydrogens (primary N) is 1. The molecule has 2 N–H and O–H groups in total. The lowest BCUT2D eigenvalue weighted by Crippen LogP contribution is -2.40. The van der Waals surface area contributed by atoms with Crippen molar-refractivity contribution in [1.29, 1.82) is 0 Å². The van der Waals surface area contributed by atoms with Gasteiger partial charge in [0.05, 0.1) is 22.3 Å². The van der Waals surface area contributed by atoms with Gasteiger partial charge >= 0.3 is 0 Å². The average Bonchev–Trinajstić information content (AvgIpc) is 2.67. The SMILES string of the molecule is CCN(CC)CCC1(C(N)=O)CC([N+](=O)[O-])=C2C=CC=CC=C21. The monoisotopic (exact) mass is 317 g/mol. The topological polar surface area (TPSA) is 89.5 Å². The summed E-state index contributed by atoms with van der Waals surface area (Å²) in [6, 6.07) is 0. The minimum Gasteiger partial charge on any atom is -0.369 e. The molecule has 2 rings (SSSR count). The molecular weight excluding hydrogens is 294 g/mol. The molecule has 23 heavy (non-hydrogen) atoms. The maximum absolute atomic E-state index is 12.3. The summed E-state index contributed by atoms with van der Waals surface area (Å²) in [6.45, 7) is 6.52. The zero-order valence-electron chi connectivity index (χ0n) is 13.6. The molecule has 0 radical (unpaired) electrons. The van der Waals surface area contributed by atoms with Crippen LogP contribution in [0.3, 0.4) is 0 Å². The maximum Gasteiger partial charge on any atom is 0.255 e. The summed E-state index contributed by atoms with van der Waals surface area (Å²) >= 11 is 0. The first kappa shape index (κ1) is 17.1. The molecule has 2 aliphatic carbocycles. The van der Waals surface area contributed by atoms with E-state index in [-0.39, 0.29) is 17.0 Å². The zero-order chi connectivity index (χ0) is 17.0. The highest BCUT2D eigenvalue weighted by Gasteiger charge is 2.51. The van der Waals surface area contributed by atoms with Crippen molar-refractivity contribution in [1.82, 2.24) is 4.90 Å². The van der Waals surface area contributed by atoms with E-state index in [0.29, 0.717) is 24.1 Å². The lowest BCUT2D eigenvalue weighted by atomic mass is 9.75. The Kier molecular flexibility index (Phi) is 5.15. The number of nitro groups is 1. The summed E-state index contributed by atoms with van der Waals surface area (Å²) in [6.07, 6.45) is 9.40. The molecule has 0 aromatic carbocycles. The van der Waals surface area contributed by atoms with Crippen molar-refractivity contribution in [3.8, 4) is 0 Å². The highest BCUT2D eigenvalue weighted by molar-refractivity contribution is 5.88. The molecule has 0 saturated heterocycles. The highest BCUT2D eigenvalue weighted by Crippen LogP contribution is 2.50. The maximum atomic E-state index is 12.3. The number of primary amides is 1. The van der Waals surface area contributed by atoms with E-state index in [1.165, 1.54) is 0 Å². The van der Waals surface area contributed by atoms with Crippen LogP contribution in [-0.2, 0) is 4.79 Å². The summed E-state index contributed by atoms with van der Waals surface area (Å²) in [5.74, 6) is -0.492. The van der Waals surface area contributed by atoms with Crippen LogP contribution < -0.4 is 5.73 Å². The van der Waals surface area contributed by atoms with Crippen LogP contribution >= 0.6 is 0 Å². The van der Waals surface area contributed by atoms with Crippen LogP contribution in [0.2, 0.25) is 0 Å². The molecular formula is C17H23N3O3. The summed E-state index contributed by atoms with van der Waals surface area (Å²) in [5, 5.41) is 11.4. The Labute approximate surface area is 136 Å². The quantitative estimate of drug-likeness (QED) is 0.575. The van der Waals surface area contributed by atoms with E-state index in [2.05, 4.69) is 18.7 Å². The van der Waals surface area contributed by atoms with Crippen LogP contribution in [-0.4, -0.2) is 35.4 Å². The van der Waals surface area contributed by atoms with Crippen LogP contribution in [0.25, 0.3) is 0 Å². The number of hydrogen-bond acceptors (Lipinski definition) is 4. The predicted molar refractivity (Wildman–Crippen MR) is 89.0 cm³/mol. The van der Waals surface area contributed by atoms with Gasteiger partial charge in [0.25, 0.3) is 5.70 Å². The highest BCUT2D eigenvalue weighted by atomic mass is 16.6. The predicted octanol–water partition coefficient (Wildman–Crippen LogP) is 2.18. The van der Waals surface area contributed by atoms with Crippen LogP contribution in [0.1, 0.15) is 26.7 Å². The molecule has 2 aliphatic rings.